The molecule has 0 radical (unpaired) electrons. The first-order valence-electron chi connectivity index (χ1n) is 11.1. The van der Waals surface area contributed by atoms with Crippen LogP contribution in [0.4, 0.5) is 5.95 Å². The first-order valence-corrected chi connectivity index (χ1v) is 13.4. The number of nitrogens with zero attached hydrogens (tertiary/aromatic N) is 3. The molecule has 3 aromatic rings. The summed E-state index contributed by atoms with van der Waals surface area (Å²) in [6.45, 7) is 4.70. The van der Waals surface area contributed by atoms with Crippen LogP contribution in [-0.4, -0.2) is 44.3 Å². The second-order valence-corrected chi connectivity index (χ2v) is 11.3. The number of piperidine rings is 1. The van der Waals surface area contributed by atoms with Crippen molar-refractivity contribution < 1.29 is 13.2 Å². The van der Waals surface area contributed by atoms with Gasteiger partial charge in [-0.3, -0.25) is 0 Å². The Hall–Kier alpha value is -2.64. The zero-order valence-electron chi connectivity index (χ0n) is 18.6. The monoisotopic (exact) mass is 483 g/mol. The molecule has 1 saturated carbocycles. The fraction of sp³-hybridized carbons (Fsp3) is 0.360. The number of fused-ring (bicyclic) bond motifs is 1. The van der Waals surface area contributed by atoms with Gasteiger partial charge in [0.1, 0.15) is 5.75 Å². The van der Waals surface area contributed by atoms with E-state index < -0.39 is 9.84 Å². The SMILES string of the molecule is CCc1cnc(N2CC3[C@@H](COc4ccc(-c5ccc(S(C)(=O)=O)cc5)cc4Cl)[C@@H]3C2)nc1. The van der Waals surface area contributed by atoms with E-state index in [1.54, 1.807) is 24.3 Å². The summed E-state index contributed by atoms with van der Waals surface area (Å²) in [5.41, 5.74) is 2.98. The Bertz CT molecular complexity index is 1250. The minimum Gasteiger partial charge on any atom is -0.492 e. The van der Waals surface area contributed by atoms with Gasteiger partial charge in [0.25, 0.3) is 0 Å². The highest BCUT2D eigenvalue weighted by Crippen LogP contribution is 2.52. The first-order chi connectivity index (χ1) is 15.8. The van der Waals surface area contributed by atoms with E-state index >= 15 is 0 Å². The summed E-state index contributed by atoms with van der Waals surface area (Å²) in [6.07, 6.45) is 5.98. The molecule has 3 atom stereocenters. The summed E-state index contributed by atoms with van der Waals surface area (Å²) >= 11 is 6.49. The van der Waals surface area contributed by atoms with E-state index in [1.807, 2.05) is 30.6 Å². The number of benzene rings is 2. The summed E-state index contributed by atoms with van der Waals surface area (Å²) in [4.78, 5) is 11.6. The van der Waals surface area contributed by atoms with Crippen molar-refractivity contribution in [2.24, 2.45) is 17.8 Å². The van der Waals surface area contributed by atoms with Gasteiger partial charge in [-0.2, -0.15) is 0 Å². The number of hydrogen-bond donors (Lipinski definition) is 0. The molecule has 0 spiro atoms. The van der Waals surface area contributed by atoms with Crippen LogP contribution in [0.25, 0.3) is 11.1 Å². The Balaban J connectivity index is 1.16. The molecule has 1 aromatic heterocycles. The van der Waals surface area contributed by atoms with Crippen LogP contribution in [0.5, 0.6) is 5.75 Å². The number of hydrogen-bond acceptors (Lipinski definition) is 6. The molecule has 1 aliphatic heterocycles. The van der Waals surface area contributed by atoms with E-state index in [1.165, 1.54) is 6.26 Å². The summed E-state index contributed by atoms with van der Waals surface area (Å²) in [5, 5.41) is 0.552. The molecule has 172 valence electrons. The molecule has 2 aromatic carbocycles. The van der Waals surface area contributed by atoms with E-state index in [0.717, 1.165) is 42.1 Å². The minimum absolute atomic E-state index is 0.301. The Morgan fingerprint density at radius 2 is 1.67 bits per heavy atom. The van der Waals surface area contributed by atoms with Gasteiger partial charge in [-0.05, 0) is 59.2 Å². The van der Waals surface area contributed by atoms with Crippen molar-refractivity contribution >= 4 is 27.4 Å². The third-order valence-electron chi connectivity index (χ3n) is 6.73. The van der Waals surface area contributed by atoms with Gasteiger partial charge in [0, 0.05) is 37.7 Å². The normalized spacial score (nSPS) is 21.7. The quantitative estimate of drug-likeness (QED) is 0.492. The van der Waals surface area contributed by atoms with Crippen molar-refractivity contribution in [1.29, 1.82) is 0 Å². The number of rotatable bonds is 7. The highest BCUT2D eigenvalue weighted by atomic mass is 35.5. The van der Waals surface area contributed by atoms with E-state index in [0.29, 0.717) is 40.0 Å². The van der Waals surface area contributed by atoms with Gasteiger partial charge in [0.15, 0.2) is 9.84 Å². The van der Waals surface area contributed by atoms with Crippen molar-refractivity contribution in [2.45, 2.75) is 18.2 Å². The molecule has 6 nitrogen and oxygen atoms in total. The van der Waals surface area contributed by atoms with Gasteiger partial charge >= 0.3 is 0 Å². The molecule has 33 heavy (non-hydrogen) atoms. The number of aromatic nitrogens is 2. The van der Waals surface area contributed by atoms with E-state index in [2.05, 4.69) is 21.8 Å². The highest BCUT2D eigenvalue weighted by molar-refractivity contribution is 7.90. The van der Waals surface area contributed by atoms with Crippen LogP contribution in [0, 0.1) is 17.8 Å². The maximum Gasteiger partial charge on any atom is 0.225 e. The van der Waals surface area contributed by atoms with Crippen LogP contribution in [0.3, 0.4) is 0 Å². The van der Waals surface area contributed by atoms with E-state index in [4.69, 9.17) is 16.3 Å². The lowest BCUT2D eigenvalue weighted by Gasteiger charge is -2.20. The number of halogens is 1. The lowest BCUT2D eigenvalue weighted by atomic mass is 10.1. The van der Waals surface area contributed by atoms with Crippen LogP contribution in [0.1, 0.15) is 12.5 Å². The van der Waals surface area contributed by atoms with Gasteiger partial charge in [-0.25, -0.2) is 18.4 Å². The predicted molar refractivity (Wildman–Crippen MR) is 130 cm³/mol. The Morgan fingerprint density at radius 3 is 2.24 bits per heavy atom. The first kappa shape index (κ1) is 22.2. The molecule has 1 aliphatic carbocycles. The number of aryl methyl sites for hydroxylation is 1. The standard InChI is InChI=1S/C25H26ClN3O3S/c1-3-16-11-27-25(28-12-16)29-13-20-21(14-29)22(20)15-32-24-9-6-18(10-23(24)26)17-4-7-19(8-5-17)33(2,30)31/h4-12,20-22H,3,13-15H2,1-2H3/t20-,21?,22+/m1/s1. The molecule has 2 aliphatic rings. The van der Waals surface area contributed by atoms with Crippen molar-refractivity contribution in [3.05, 3.63) is 65.4 Å². The Morgan fingerprint density at radius 1 is 1.03 bits per heavy atom. The molecule has 8 heteroatoms. The van der Waals surface area contributed by atoms with E-state index in [-0.39, 0.29) is 0 Å². The number of ether oxygens (including phenoxy) is 1. The lowest BCUT2D eigenvalue weighted by Crippen LogP contribution is -2.27. The number of anilines is 1. The molecular weight excluding hydrogens is 458 g/mol. The second kappa shape index (κ2) is 8.61. The Kier molecular flexibility index (Phi) is 5.79. The molecule has 0 bridgehead atoms. The van der Waals surface area contributed by atoms with Gasteiger partial charge in [-0.15, -0.1) is 0 Å². The molecule has 1 saturated heterocycles. The van der Waals surface area contributed by atoms with Gasteiger partial charge in [0.2, 0.25) is 5.95 Å². The van der Waals surface area contributed by atoms with Gasteiger partial charge < -0.3 is 9.64 Å². The summed E-state index contributed by atoms with van der Waals surface area (Å²) in [7, 11) is -3.21. The maximum absolute atomic E-state index is 11.7. The molecule has 2 heterocycles. The second-order valence-electron chi connectivity index (χ2n) is 8.89. The van der Waals surface area contributed by atoms with Crippen molar-refractivity contribution in [2.75, 3.05) is 30.9 Å². The summed E-state index contributed by atoms with van der Waals surface area (Å²) < 4.78 is 29.4. The molecule has 5 rings (SSSR count). The largest absolute Gasteiger partial charge is 0.492 e. The summed E-state index contributed by atoms with van der Waals surface area (Å²) in [6, 6.07) is 12.5. The average Bonchev–Trinajstić information content (AvgIpc) is 3.26. The third kappa shape index (κ3) is 4.57. The van der Waals surface area contributed by atoms with Crippen LogP contribution in [0.15, 0.2) is 59.8 Å². The highest BCUT2D eigenvalue weighted by Gasteiger charge is 2.56. The number of sulfone groups is 1. The zero-order chi connectivity index (χ0) is 23.2. The topological polar surface area (TPSA) is 72.4 Å². The summed E-state index contributed by atoms with van der Waals surface area (Å²) in [5.74, 6) is 3.27. The fourth-order valence-corrected chi connectivity index (χ4v) is 5.50. The molecule has 2 fully saturated rings. The average molecular weight is 484 g/mol. The smallest absolute Gasteiger partial charge is 0.225 e. The fourth-order valence-electron chi connectivity index (χ4n) is 4.63. The van der Waals surface area contributed by atoms with E-state index in [9.17, 15) is 8.42 Å². The Labute approximate surface area is 199 Å². The van der Waals surface area contributed by atoms with Crippen LogP contribution in [0.2, 0.25) is 5.02 Å². The third-order valence-corrected chi connectivity index (χ3v) is 8.16. The van der Waals surface area contributed by atoms with Crippen LogP contribution < -0.4 is 9.64 Å². The van der Waals surface area contributed by atoms with Crippen LogP contribution >= 0.6 is 11.6 Å². The molecule has 0 amide bonds. The molecule has 0 N–H and O–H groups in total. The molecule has 1 unspecified atom stereocenters. The maximum atomic E-state index is 11.7. The lowest BCUT2D eigenvalue weighted by molar-refractivity contribution is 0.283. The van der Waals surface area contributed by atoms with Crippen LogP contribution in [-0.2, 0) is 16.3 Å². The van der Waals surface area contributed by atoms with Crippen molar-refractivity contribution in [1.82, 2.24) is 9.97 Å². The van der Waals surface area contributed by atoms with Gasteiger partial charge in [0.05, 0.1) is 16.5 Å². The van der Waals surface area contributed by atoms with Crippen molar-refractivity contribution in [3.8, 4) is 16.9 Å². The van der Waals surface area contributed by atoms with Gasteiger partial charge in [-0.1, -0.05) is 36.7 Å². The van der Waals surface area contributed by atoms with Crippen molar-refractivity contribution in [3.63, 3.8) is 0 Å². The minimum atomic E-state index is -3.21. The predicted octanol–water partition coefficient (Wildman–Crippen LogP) is 4.52. The zero-order valence-corrected chi connectivity index (χ0v) is 20.2. The molecular formula is C25H26ClN3O3S.